The predicted octanol–water partition coefficient (Wildman–Crippen LogP) is 2.57. The summed E-state index contributed by atoms with van der Waals surface area (Å²) < 4.78 is 16.5. The van der Waals surface area contributed by atoms with Crippen molar-refractivity contribution in [3.63, 3.8) is 0 Å². The smallest absolute Gasteiger partial charge is 0.193 e. The summed E-state index contributed by atoms with van der Waals surface area (Å²) >= 11 is 6.53. The maximum absolute atomic E-state index is 9.99. The number of aromatic nitrogens is 2. The van der Waals surface area contributed by atoms with E-state index < -0.39 is 12.4 Å². The van der Waals surface area contributed by atoms with Crippen molar-refractivity contribution in [1.82, 2.24) is 9.97 Å². The average Bonchev–Trinajstić information content (AvgIpc) is 3.36. The molecule has 2 aliphatic rings. The van der Waals surface area contributed by atoms with E-state index in [4.69, 9.17) is 30.8 Å². The van der Waals surface area contributed by atoms with Crippen LogP contribution in [0.5, 0.6) is 5.88 Å². The molecule has 8 nitrogen and oxygen atoms in total. The molecule has 2 aromatic heterocycles. The highest BCUT2D eigenvalue weighted by Gasteiger charge is 2.39. The topological polar surface area (TPSA) is 100 Å². The average molecular weight is 446 g/mol. The Morgan fingerprint density at radius 1 is 1.23 bits per heavy atom. The lowest BCUT2D eigenvalue weighted by Gasteiger charge is -2.28. The molecule has 5 rings (SSSR count). The quantitative estimate of drug-likeness (QED) is 0.555. The van der Waals surface area contributed by atoms with Crippen molar-refractivity contribution >= 4 is 28.3 Å². The third-order valence-corrected chi connectivity index (χ3v) is 5.96. The Labute approximate surface area is 184 Å². The minimum atomic E-state index is -1.54. The number of pyridine rings is 1. The van der Waals surface area contributed by atoms with Crippen LogP contribution in [0.4, 0.5) is 5.69 Å². The van der Waals surface area contributed by atoms with Crippen LogP contribution in [0.15, 0.2) is 36.4 Å². The Hall–Kier alpha value is -2.36. The molecule has 0 aliphatic carbocycles. The molecule has 164 valence electrons. The fourth-order valence-electron chi connectivity index (χ4n) is 4.01. The lowest BCUT2D eigenvalue weighted by Crippen LogP contribution is -2.36. The van der Waals surface area contributed by atoms with Gasteiger partial charge >= 0.3 is 0 Å². The van der Waals surface area contributed by atoms with Gasteiger partial charge in [0.05, 0.1) is 48.2 Å². The molecule has 1 aromatic carbocycles. The first kappa shape index (κ1) is 20.5. The summed E-state index contributed by atoms with van der Waals surface area (Å²) in [6.07, 6.45) is -0.179. The van der Waals surface area contributed by atoms with Crippen LogP contribution in [0.2, 0.25) is 5.02 Å². The number of benzene rings is 1. The third kappa shape index (κ3) is 4.22. The molecular weight excluding hydrogens is 422 g/mol. The minimum Gasteiger partial charge on any atom is -0.473 e. The van der Waals surface area contributed by atoms with Gasteiger partial charge in [0.2, 0.25) is 0 Å². The van der Waals surface area contributed by atoms with Crippen molar-refractivity contribution < 1.29 is 24.4 Å². The summed E-state index contributed by atoms with van der Waals surface area (Å²) in [5.41, 5.74) is 4.27. The Morgan fingerprint density at radius 3 is 2.71 bits per heavy atom. The minimum absolute atomic E-state index is 0.188. The van der Waals surface area contributed by atoms with Crippen molar-refractivity contribution in [2.24, 2.45) is 0 Å². The van der Waals surface area contributed by atoms with E-state index in [1.807, 2.05) is 18.2 Å². The number of nitrogens with one attached hydrogen (secondary N) is 1. The molecule has 3 aromatic rings. The van der Waals surface area contributed by atoms with Crippen LogP contribution in [0.1, 0.15) is 6.42 Å². The lowest BCUT2D eigenvalue weighted by atomic mass is 10.1. The van der Waals surface area contributed by atoms with Crippen molar-refractivity contribution in [2.45, 2.75) is 18.3 Å². The zero-order valence-corrected chi connectivity index (χ0v) is 17.6. The molecule has 0 radical (unpaired) electrons. The molecule has 0 spiro atoms. The van der Waals surface area contributed by atoms with Gasteiger partial charge in [-0.2, -0.15) is 0 Å². The molecule has 9 heteroatoms. The molecule has 4 heterocycles. The molecule has 2 fully saturated rings. The molecule has 2 atom stereocenters. The SMILES string of the molecule is OC[C@]1(O)C[C@H](Oc2cc3nc(-c4ccc(N5CCOCC5)cc4)c(Cl)cc3[nH]2)CO1. The number of nitrogens with zero attached hydrogens (tertiary/aromatic N) is 2. The van der Waals surface area contributed by atoms with E-state index in [2.05, 4.69) is 22.0 Å². The van der Waals surface area contributed by atoms with Crippen LogP contribution in [0.3, 0.4) is 0 Å². The predicted molar refractivity (Wildman–Crippen MR) is 117 cm³/mol. The van der Waals surface area contributed by atoms with Crippen molar-refractivity contribution in [1.29, 1.82) is 0 Å². The number of H-pyrrole nitrogens is 1. The van der Waals surface area contributed by atoms with E-state index in [1.165, 1.54) is 0 Å². The number of rotatable bonds is 5. The van der Waals surface area contributed by atoms with Gasteiger partial charge < -0.3 is 34.3 Å². The van der Waals surface area contributed by atoms with E-state index >= 15 is 0 Å². The number of aromatic amines is 1. The zero-order chi connectivity index (χ0) is 21.4. The van der Waals surface area contributed by atoms with E-state index in [0.29, 0.717) is 16.6 Å². The fourth-order valence-corrected chi connectivity index (χ4v) is 4.27. The highest BCUT2D eigenvalue weighted by molar-refractivity contribution is 6.33. The van der Waals surface area contributed by atoms with Gasteiger partial charge in [-0.05, 0) is 18.2 Å². The van der Waals surface area contributed by atoms with Gasteiger partial charge in [0.15, 0.2) is 11.7 Å². The van der Waals surface area contributed by atoms with Crippen molar-refractivity contribution in [2.75, 3.05) is 44.4 Å². The number of anilines is 1. The number of fused-ring (bicyclic) bond motifs is 1. The fraction of sp³-hybridized carbons (Fsp3) is 0.409. The summed E-state index contributed by atoms with van der Waals surface area (Å²) in [6.45, 7) is 2.99. The van der Waals surface area contributed by atoms with Gasteiger partial charge in [-0.25, -0.2) is 4.98 Å². The van der Waals surface area contributed by atoms with Gasteiger partial charge in [0, 0.05) is 36.8 Å². The number of aliphatic hydroxyl groups is 2. The Kier molecular flexibility index (Phi) is 5.49. The Bertz CT molecular complexity index is 1070. The van der Waals surface area contributed by atoms with Crippen LogP contribution in [-0.2, 0) is 9.47 Å². The molecule has 31 heavy (non-hydrogen) atoms. The first-order valence-corrected chi connectivity index (χ1v) is 10.7. The summed E-state index contributed by atoms with van der Waals surface area (Å²) in [5.74, 6) is -1.03. The Balaban J connectivity index is 1.36. The van der Waals surface area contributed by atoms with Gasteiger partial charge in [-0.15, -0.1) is 0 Å². The van der Waals surface area contributed by atoms with Gasteiger partial charge in [-0.1, -0.05) is 23.7 Å². The maximum atomic E-state index is 9.99. The molecule has 3 N–H and O–H groups in total. The van der Waals surface area contributed by atoms with Crippen LogP contribution >= 0.6 is 11.6 Å². The summed E-state index contributed by atoms with van der Waals surface area (Å²) in [7, 11) is 0. The molecular formula is C22H24ClN3O5. The number of halogens is 1. The monoisotopic (exact) mass is 445 g/mol. The van der Waals surface area contributed by atoms with E-state index in [-0.39, 0.29) is 19.1 Å². The van der Waals surface area contributed by atoms with Crippen molar-refractivity contribution in [3.8, 4) is 17.1 Å². The Morgan fingerprint density at radius 2 is 2.00 bits per heavy atom. The largest absolute Gasteiger partial charge is 0.473 e. The lowest BCUT2D eigenvalue weighted by molar-refractivity contribution is -0.193. The van der Waals surface area contributed by atoms with Gasteiger partial charge in [0.25, 0.3) is 0 Å². The van der Waals surface area contributed by atoms with Gasteiger partial charge in [0.1, 0.15) is 6.10 Å². The number of hydrogen-bond donors (Lipinski definition) is 3. The highest BCUT2D eigenvalue weighted by atomic mass is 35.5. The van der Waals surface area contributed by atoms with Gasteiger partial charge in [-0.3, -0.25) is 0 Å². The summed E-state index contributed by atoms with van der Waals surface area (Å²) in [5, 5.41) is 19.7. The normalized spacial score (nSPS) is 24.1. The molecule has 0 unspecified atom stereocenters. The first-order valence-electron chi connectivity index (χ1n) is 10.3. The summed E-state index contributed by atoms with van der Waals surface area (Å²) in [6, 6.07) is 11.8. The maximum Gasteiger partial charge on any atom is 0.193 e. The zero-order valence-electron chi connectivity index (χ0n) is 16.9. The second-order valence-electron chi connectivity index (χ2n) is 7.89. The number of aliphatic hydroxyl groups excluding tert-OH is 1. The van der Waals surface area contributed by atoms with Crippen LogP contribution < -0.4 is 9.64 Å². The number of hydrogen-bond acceptors (Lipinski definition) is 7. The molecule has 0 saturated carbocycles. The number of ether oxygens (including phenoxy) is 3. The summed E-state index contributed by atoms with van der Waals surface area (Å²) in [4.78, 5) is 10.2. The van der Waals surface area contributed by atoms with E-state index in [0.717, 1.165) is 48.6 Å². The van der Waals surface area contributed by atoms with Crippen LogP contribution in [0.25, 0.3) is 22.3 Å². The standard InChI is InChI=1S/C22H24ClN3O5/c23-17-9-18-19(10-20(24-18)31-16-11-22(28,13-27)30-12-16)25-21(17)14-1-3-15(4-2-14)26-5-7-29-8-6-26/h1-4,9-10,16,24,27-28H,5-8,11-13H2/t16-,22-/m0/s1. The molecule has 2 saturated heterocycles. The van der Waals surface area contributed by atoms with Crippen LogP contribution in [-0.4, -0.2) is 71.6 Å². The molecule has 0 amide bonds. The second-order valence-corrected chi connectivity index (χ2v) is 8.30. The van der Waals surface area contributed by atoms with Crippen LogP contribution in [0, 0.1) is 0 Å². The third-order valence-electron chi connectivity index (χ3n) is 5.67. The molecule has 0 bridgehead atoms. The van der Waals surface area contributed by atoms with E-state index in [1.54, 1.807) is 6.07 Å². The highest BCUT2D eigenvalue weighted by Crippen LogP contribution is 2.33. The number of morpholine rings is 1. The van der Waals surface area contributed by atoms with Crippen molar-refractivity contribution in [3.05, 3.63) is 41.4 Å². The first-order chi connectivity index (χ1) is 15.0. The van der Waals surface area contributed by atoms with E-state index in [9.17, 15) is 10.2 Å². The molecule has 2 aliphatic heterocycles. The second kappa shape index (κ2) is 8.29.